The largest absolute Gasteiger partial charge is 0.785 e. The van der Waals surface area contributed by atoms with Crippen molar-refractivity contribution in [1.29, 1.82) is 0 Å². The van der Waals surface area contributed by atoms with Crippen LogP contribution in [-0.2, 0) is 0 Å². The molecule has 0 amide bonds. The third-order valence-electron chi connectivity index (χ3n) is 1.49. The standard InChI is InChI=1S/C5H10NO/c1-5-3-2-4-6(5)7/h5H,2-4H2,1H3/q-1/t5-/m0/s1. The van der Waals surface area contributed by atoms with E-state index in [0.717, 1.165) is 24.4 Å². The van der Waals surface area contributed by atoms with E-state index in [-0.39, 0.29) is 0 Å². The fraction of sp³-hybridized carbons (Fsp3) is 1.00. The molecule has 0 bridgehead atoms. The van der Waals surface area contributed by atoms with Crippen LogP contribution in [0.15, 0.2) is 0 Å². The lowest BCUT2D eigenvalue weighted by Gasteiger charge is -2.26. The second kappa shape index (κ2) is 1.80. The summed E-state index contributed by atoms with van der Waals surface area (Å²) < 4.78 is 0. The molecule has 0 spiro atoms. The molecule has 0 unspecified atom stereocenters. The first-order valence-corrected chi connectivity index (χ1v) is 2.74. The summed E-state index contributed by atoms with van der Waals surface area (Å²) in [6, 6.07) is 0.292. The molecule has 2 heteroatoms. The zero-order chi connectivity index (χ0) is 5.28. The maximum atomic E-state index is 10.5. The maximum Gasteiger partial charge on any atom is -0.00546 e. The van der Waals surface area contributed by atoms with Gasteiger partial charge in [0.15, 0.2) is 0 Å². The van der Waals surface area contributed by atoms with Crippen molar-refractivity contribution in [3.63, 3.8) is 0 Å². The average Bonchev–Trinajstić information content (AvgIpc) is 1.91. The Hall–Kier alpha value is -0.0800. The van der Waals surface area contributed by atoms with Crippen molar-refractivity contribution >= 4 is 0 Å². The second-order valence-corrected chi connectivity index (χ2v) is 2.13. The fourth-order valence-electron chi connectivity index (χ4n) is 0.907. The predicted octanol–water partition coefficient (Wildman–Crippen LogP) is 0.969. The predicted molar refractivity (Wildman–Crippen MR) is 28.8 cm³/mol. The Morgan fingerprint density at radius 2 is 2.43 bits per heavy atom. The topological polar surface area (TPSA) is 26.3 Å². The minimum Gasteiger partial charge on any atom is -0.785 e. The molecule has 0 aromatic carbocycles. The normalized spacial score (nSPS) is 34.3. The minimum absolute atomic E-state index is 0.292. The molecule has 0 aromatic rings. The molecular formula is C5H10NO-. The summed E-state index contributed by atoms with van der Waals surface area (Å²) in [6.07, 6.45) is 2.17. The Kier molecular flexibility index (Phi) is 1.30. The minimum atomic E-state index is 0.292. The van der Waals surface area contributed by atoms with Gasteiger partial charge in [-0.25, -0.2) is 0 Å². The van der Waals surface area contributed by atoms with Crippen molar-refractivity contribution in [2.75, 3.05) is 6.54 Å². The molecule has 1 fully saturated rings. The quantitative estimate of drug-likeness (QED) is 0.453. The van der Waals surface area contributed by atoms with Crippen molar-refractivity contribution in [3.05, 3.63) is 5.21 Å². The number of hydrogen-bond donors (Lipinski definition) is 0. The lowest BCUT2D eigenvalue weighted by Crippen LogP contribution is -2.18. The molecule has 0 N–H and O–H groups in total. The van der Waals surface area contributed by atoms with Crippen LogP contribution in [0.1, 0.15) is 19.8 Å². The summed E-state index contributed by atoms with van der Waals surface area (Å²) >= 11 is 0. The Morgan fingerprint density at radius 1 is 1.71 bits per heavy atom. The van der Waals surface area contributed by atoms with Crippen molar-refractivity contribution < 1.29 is 0 Å². The van der Waals surface area contributed by atoms with Gasteiger partial charge in [-0.05, 0) is 25.4 Å². The van der Waals surface area contributed by atoms with E-state index in [1.807, 2.05) is 6.92 Å². The maximum absolute atomic E-state index is 10.5. The Morgan fingerprint density at radius 3 is 2.57 bits per heavy atom. The van der Waals surface area contributed by atoms with Crippen LogP contribution in [0.3, 0.4) is 0 Å². The molecule has 1 heterocycles. The first-order valence-electron chi connectivity index (χ1n) is 2.74. The van der Waals surface area contributed by atoms with Crippen LogP contribution in [0.25, 0.3) is 0 Å². The lowest BCUT2D eigenvalue weighted by atomic mass is 10.3. The lowest BCUT2D eigenvalue weighted by molar-refractivity contribution is 0.374. The first-order chi connectivity index (χ1) is 3.30. The van der Waals surface area contributed by atoms with Crippen molar-refractivity contribution in [3.8, 4) is 0 Å². The van der Waals surface area contributed by atoms with E-state index in [9.17, 15) is 5.21 Å². The molecule has 0 aromatic heterocycles. The third kappa shape index (κ3) is 0.924. The van der Waals surface area contributed by atoms with Crippen molar-refractivity contribution in [2.24, 2.45) is 0 Å². The van der Waals surface area contributed by atoms with Gasteiger partial charge in [-0.15, -0.1) is 0 Å². The molecule has 42 valence electrons. The number of hydroxylamine groups is 2. The molecule has 1 aliphatic rings. The molecule has 7 heavy (non-hydrogen) atoms. The van der Waals surface area contributed by atoms with Gasteiger partial charge in [-0.1, -0.05) is 6.92 Å². The first kappa shape index (κ1) is 5.06. The molecule has 1 saturated heterocycles. The van der Waals surface area contributed by atoms with Crippen LogP contribution in [0.4, 0.5) is 0 Å². The fourth-order valence-corrected chi connectivity index (χ4v) is 0.907. The molecule has 1 atom stereocenters. The molecular weight excluding hydrogens is 90.1 g/mol. The second-order valence-electron chi connectivity index (χ2n) is 2.13. The highest BCUT2D eigenvalue weighted by Crippen LogP contribution is 2.13. The van der Waals surface area contributed by atoms with Gasteiger partial charge in [0.05, 0.1) is 0 Å². The van der Waals surface area contributed by atoms with Gasteiger partial charge in [-0.2, -0.15) is 0 Å². The van der Waals surface area contributed by atoms with Gasteiger partial charge in [0.2, 0.25) is 0 Å². The van der Waals surface area contributed by atoms with E-state index < -0.39 is 0 Å². The van der Waals surface area contributed by atoms with E-state index in [2.05, 4.69) is 0 Å². The van der Waals surface area contributed by atoms with E-state index in [1.165, 1.54) is 0 Å². The third-order valence-corrected chi connectivity index (χ3v) is 1.49. The van der Waals surface area contributed by atoms with Crippen LogP contribution in [0.5, 0.6) is 0 Å². The summed E-state index contributed by atoms with van der Waals surface area (Å²) in [7, 11) is 0. The van der Waals surface area contributed by atoms with E-state index in [4.69, 9.17) is 0 Å². The molecule has 0 radical (unpaired) electrons. The van der Waals surface area contributed by atoms with Gasteiger partial charge >= 0.3 is 0 Å². The summed E-state index contributed by atoms with van der Waals surface area (Å²) in [5.74, 6) is 0. The van der Waals surface area contributed by atoms with E-state index in [1.54, 1.807) is 0 Å². The van der Waals surface area contributed by atoms with Crippen LogP contribution < -0.4 is 0 Å². The highest BCUT2D eigenvalue weighted by atomic mass is 16.5. The smallest absolute Gasteiger partial charge is 0.00546 e. The molecule has 1 rings (SSSR count). The average molecular weight is 100 g/mol. The number of nitrogens with zero attached hydrogens (tertiary/aromatic N) is 1. The van der Waals surface area contributed by atoms with Gasteiger partial charge < -0.3 is 10.3 Å². The molecule has 0 saturated carbocycles. The Bertz CT molecular complexity index is 57.1. The van der Waals surface area contributed by atoms with Crippen LogP contribution in [-0.4, -0.2) is 17.6 Å². The van der Waals surface area contributed by atoms with Crippen LogP contribution >= 0.6 is 0 Å². The number of rotatable bonds is 0. The van der Waals surface area contributed by atoms with Crippen molar-refractivity contribution in [1.82, 2.24) is 5.06 Å². The number of hydrogen-bond acceptors (Lipinski definition) is 2. The summed E-state index contributed by atoms with van der Waals surface area (Å²) in [6.45, 7) is 2.72. The van der Waals surface area contributed by atoms with Gasteiger partial charge in [0.25, 0.3) is 0 Å². The van der Waals surface area contributed by atoms with E-state index in [0.29, 0.717) is 6.04 Å². The highest BCUT2D eigenvalue weighted by molar-refractivity contribution is 4.74. The zero-order valence-electron chi connectivity index (χ0n) is 4.55. The SMILES string of the molecule is C[C@H]1CCCN1[O-]. The molecule has 2 nitrogen and oxygen atoms in total. The van der Waals surface area contributed by atoms with Crippen LogP contribution in [0.2, 0.25) is 0 Å². The Labute approximate surface area is 43.7 Å². The summed E-state index contributed by atoms with van der Waals surface area (Å²) in [5.41, 5.74) is 0. The molecule has 0 aliphatic carbocycles. The summed E-state index contributed by atoms with van der Waals surface area (Å²) in [5, 5.41) is 11.6. The van der Waals surface area contributed by atoms with Gasteiger partial charge in [-0.3, -0.25) is 0 Å². The zero-order valence-corrected chi connectivity index (χ0v) is 4.55. The van der Waals surface area contributed by atoms with Gasteiger partial charge in [0, 0.05) is 0 Å². The van der Waals surface area contributed by atoms with Crippen LogP contribution in [0, 0.1) is 5.21 Å². The summed E-state index contributed by atoms with van der Waals surface area (Å²) in [4.78, 5) is 0. The highest BCUT2D eigenvalue weighted by Gasteiger charge is 2.09. The van der Waals surface area contributed by atoms with E-state index >= 15 is 0 Å². The molecule has 1 aliphatic heterocycles. The van der Waals surface area contributed by atoms with Gasteiger partial charge in [0.1, 0.15) is 0 Å². The van der Waals surface area contributed by atoms with Crippen molar-refractivity contribution in [2.45, 2.75) is 25.8 Å². The monoisotopic (exact) mass is 100 g/mol. The Balaban J connectivity index is 2.33.